The molecule has 2 aromatic rings. The molecule has 1 aromatic heterocycles. The predicted molar refractivity (Wildman–Crippen MR) is 65.8 cm³/mol. The second kappa shape index (κ2) is 4.39. The maximum atomic E-state index is 10.3. The summed E-state index contributed by atoms with van der Waals surface area (Å²) in [6, 6.07) is 9.45. The van der Waals surface area contributed by atoms with Gasteiger partial charge in [0, 0.05) is 10.4 Å². The van der Waals surface area contributed by atoms with Crippen LogP contribution in [0.4, 0.5) is 0 Å². The molecule has 88 valence electrons. The van der Waals surface area contributed by atoms with E-state index in [1.807, 2.05) is 35.7 Å². The van der Waals surface area contributed by atoms with Crippen molar-refractivity contribution >= 4 is 11.3 Å². The standard InChI is InChI=1S/C13H12O3S/c14-12(11-5-2-8-17-11)9-3-1-4-10-13(9)16-7-6-15-10/h1-5,8,12,14H,6-7H2. The third-order valence-corrected chi connectivity index (χ3v) is 3.63. The molecule has 0 amide bonds. The minimum Gasteiger partial charge on any atom is -0.486 e. The first kappa shape index (κ1) is 10.6. The lowest BCUT2D eigenvalue weighted by molar-refractivity contribution is 0.159. The van der Waals surface area contributed by atoms with Gasteiger partial charge in [0.25, 0.3) is 0 Å². The van der Waals surface area contributed by atoms with Gasteiger partial charge in [0.1, 0.15) is 19.3 Å². The molecule has 3 rings (SSSR count). The highest BCUT2D eigenvalue weighted by Gasteiger charge is 2.22. The molecule has 0 aliphatic carbocycles. The van der Waals surface area contributed by atoms with Crippen molar-refractivity contribution in [2.24, 2.45) is 0 Å². The lowest BCUT2D eigenvalue weighted by atomic mass is 10.1. The van der Waals surface area contributed by atoms with E-state index in [1.165, 1.54) is 11.3 Å². The number of para-hydroxylation sites is 1. The summed E-state index contributed by atoms with van der Waals surface area (Å²) in [5.74, 6) is 1.38. The van der Waals surface area contributed by atoms with Crippen LogP contribution < -0.4 is 9.47 Å². The van der Waals surface area contributed by atoms with Crippen molar-refractivity contribution < 1.29 is 14.6 Å². The number of hydrogen-bond donors (Lipinski definition) is 1. The van der Waals surface area contributed by atoms with Crippen LogP contribution >= 0.6 is 11.3 Å². The normalized spacial score (nSPS) is 15.6. The van der Waals surface area contributed by atoms with Gasteiger partial charge in [-0.05, 0) is 17.5 Å². The van der Waals surface area contributed by atoms with Crippen molar-refractivity contribution in [3.8, 4) is 11.5 Å². The third-order valence-electron chi connectivity index (χ3n) is 2.70. The molecule has 1 aliphatic rings. The van der Waals surface area contributed by atoms with E-state index in [9.17, 15) is 5.11 Å². The van der Waals surface area contributed by atoms with Crippen LogP contribution in [-0.2, 0) is 0 Å². The molecule has 0 bridgehead atoms. The van der Waals surface area contributed by atoms with E-state index in [0.29, 0.717) is 24.7 Å². The Morgan fingerprint density at radius 2 is 2.00 bits per heavy atom. The molecule has 1 aromatic carbocycles. The van der Waals surface area contributed by atoms with Crippen molar-refractivity contribution in [2.75, 3.05) is 13.2 Å². The molecule has 17 heavy (non-hydrogen) atoms. The molecule has 1 aliphatic heterocycles. The largest absolute Gasteiger partial charge is 0.486 e. The third kappa shape index (κ3) is 1.90. The van der Waals surface area contributed by atoms with Gasteiger partial charge in [0.05, 0.1) is 0 Å². The van der Waals surface area contributed by atoms with Crippen LogP contribution in [0.2, 0.25) is 0 Å². The van der Waals surface area contributed by atoms with Gasteiger partial charge in [0.15, 0.2) is 11.5 Å². The van der Waals surface area contributed by atoms with E-state index in [0.717, 1.165) is 10.4 Å². The fourth-order valence-corrected chi connectivity index (χ4v) is 2.64. The summed E-state index contributed by atoms with van der Waals surface area (Å²) >= 11 is 1.53. The molecule has 4 heteroatoms. The summed E-state index contributed by atoms with van der Waals surface area (Å²) in [5.41, 5.74) is 0.768. The summed E-state index contributed by atoms with van der Waals surface area (Å²) < 4.78 is 11.1. The van der Waals surface area contributed by atoms with Crippen LogP contribution in [0.25, 0.3) is 0 Å². The van der Waals surface area contributed by atoms with E-state index >= 15 is 0 Å². The van der Waals surface area contributed by atoms with Crippen LogP contribution in [0, 0.1) is 0 Å². The number of fused-ring (bicyclic) bond motifs is 1. The first-order valence-electron chi connectivity index (χ1n) is 5.46. The average Bonchev–Trinajstić information content (AvgIpc) is 2.91. The fraction of sp³-hybridized carbons (Fsp3) is 0.231. The first-order chi connectivity index (χ1) is 8.36. The van der Waals surface area contributed by atoms with Gasteiger partial charge in [0.2, 0.25) is 0 Å². The van der Waals surface area contributed by atoms with Crippen LogP contribution in [0.3, 0.4) is 0 Å². The SMILES string of the molecule is OC(c1cccs1)c1cccc2c1OCCO2. The minimum absolute atomic E-state index is 0.529. The molecule has 0 spiro atoms. The number of benzene rings is 1. The zero-order valence-electron chi connectivity index (χ0n) is 9.13. The lowest BCUT2D eigenvalue weighted by Crippen LogP contribution is -2.17. The van der Waals surface area contributed by atoms with Gasteiger partial charge in [-0.15, -0.1) is 11.3 Å². The average molecular weight is 248 g/mol. The second-order valence-electron chi connectivity index (χ2n) is 3.79. The Morgan fingerprint density at radius 1 is 1.12 bits per heavy atom. The maximum Gasteiger partial charge on any atom is 0.167 e. The molecule has 3 nitrogen and oxygen atoms in total. The summed E-state index contributed by atoms with van der Waals surface area (Å²) in [5, 5.41) is 12.3. The number of thiophene rings is 1. The molecule has 1 atom stereocenters. The first-order valence-corrected chi connectivity index (χ1v) is 6.34. The number of ether oxygens (including phenoxy) is 2. The van der Waals surface area contributed by atoms with E-state index in [1.54, 1.807) is 0 Å². The van der Waals surface area contributed by atoms with Crippen LogP contribution in [-0.4, -0.2) is 18.3 Å². The summed E-state index contributed by atoms with van der Waals surface area (Å²) in [6.45, 7) is 1.09. The maximum absolute atomic E-state index is 10.3. The van der Waals surface area contributed by atoms with Crippen molar-refractivity contribution in [3.05, 3.63) is 46.2 Å². The van der Waals surface area contributed by atoms with E-state index in [2.05, 4.69) is 0 Å². The number of aliphatic hydroxyl groups excluding tert-OH is 1. The quantitative estimate of drug-likeness (QED) is 0.887. The van der Waals surface area contributed by atoms with E-state index < -0.39 is 6.10 Å². The Hall–Kier alpha value is -1.52. The van der Waals surface area contributed by atoms with Gasteiger partial charge < -0.3 is 14.6 Å². The summed E-state index contributed by atoms with van der Waals surface area (Å²) in [4.78, 5) is 0.910. The number of aliphatic hydroxyl groups is 1. The monoisotopic (exact) mass is 248 g/mol. The van der Waals surface area contributed by atoms with Gasteiger partial charge in [-0.1, -0.05) is 18.2 Å². The van der Waals surface area contributed by atoms with Crippen LogP contribution in [0.1, 0.15) is 16.5 Å². The fourth-order valence-electron chi connectivity index (χ4n) is 1.91. The Morgan fingerprint density at radius 3 is 2.82 bits per heavy atom. The molecule has 0 saturated carbocycles. The Labute approximate surface area is 103 Å². The molecule has 0 radical (unpaired) electrons. The molecule has 1 unspecified atom stereocenters. The molecular weight excluding hydrogens is 236 g/mol. The molecular formula is C13H12O3S. The Bertz CT molecular complexity index is 507. The van der Waals surface area contributed by atoms with Gasteiger partial charge >= 0.3 is 0 Å². The number of hydrogen-bond acceptors (Lipinski definition) is 4. The molecule has 0 fully saturated rings. The topological polar surface area (TPSA) is 38.7 Å². The highest BCUT2D eigenvalue weighted by atomic mass is 32.1. The molecule has 1 N–H and O–H groups in total. The predicted octanol–water partition coefficient (Wildman–Crippen LogP) is 2.60. The number of rotatable bonds is 2. The Balaban J connectivity index is 2.03. The highest BCUT2D eigenvalue weighted by molar-refractivity contribution is 7.10. The second-order valence-corrected chi connectivity index (χ2v) is 4.77. The van der Waals surface area contributed by atoms with Crippen LogP contribution in [0.15, 0.2) is 35.7 Å². The van der Waals surface area contributed by atoms with Crippen LogP contribution in [0.5, 0.6) is 11.5 Å². The zero-order valence-corrected chi connectivity index (χ0v) is 9.94. The highest BCUT2D eigenvalue weighted by Crippen LogP contribution is 2.39. The summed E-state index contributed by atoms with van der Waals surface area (Å²) in [6.07, 6.45) is -0.647. The zero-order chi connectivity index (χ0) is 11.7. The van der Waals surface area contributed by atoms with Gasteiger partial charge in [-0.3, -0.25) is 0 Å². The lowest BCUT2D eigenvalue weighted by Gasteiger charge is -2.22. The summed E-state index contributed by atoms with van der Waals surface area (Å²) in [7, 11) is 0. The van der Waals surface area contributed by atoms with Crippen molar-refractivity contribution in [1.29, 1.82) is 0 Å². The Kier molecular flexibility index (Phi) is 2.74. The van der Waals surface area contributed by atoms with Gasteiger partial charge in [-0.25, -0.2) is 0 Å². The van der Waals surface area contributed by atoms with Crippen molar-refractivity contribution in [2.45, 2.75) is 6.10 Å². The smallest absolute Gasteiger partial charge is 0.167 e. The molecule has 0 saturated heterocycles. The van der Waals surface area contributed by atoms with Gasteiger partial charge in [-0.2, -0.15) is 0 Å². The van der Waals surface area contributed by atoms with E-state index in [-0.39, 0.29) is 0 Å². The van der Waals surface area contributed by atoms with E-state index in [4.69, 9.17) is 9.47 Å². The van der Waals surface area contributed by atoms with Crippen molar-refractivity contribution in [3.63, 3.8) is 0 Å². The minimum atomic E-state index is -0.647. The molecule has 2 heterocycles. The van der Waals surface area contributed by atoms with Crippen molar-refractivity contribution in [1.82, 2.24) is 0 Å².